The third-order valence-electron chi connectivity index (χ3n) is 8.86. The van der Waals surface area contributed by atoms with E-state index in [-0.39, 0.29) is 5.66 Å². The molecule has 0 saturated carbocycles. The molecule has 2 aromatic rings. The Bertz CT molecular complexity index is 892. The van der Waals surface area contributed by atoms with Crippen LogP contribution in [0.5, 0.6) is 0 Å². The molecular weight excluding hydrogens is 472 g/mol. The van der Waals surface area contributed by atoms with Crippen molar-refractivity contribution < 1.29 is 0 Å². The smallest absolute Gasteiger partial charge is 0.123 e. The van der Waals surface area contributed by atoms with Crippen molar-refractivity contribution in [2.24, 2.45) is 0 Å². The van der Waals surface area contributed by atoms with Crippen molar-refractivity contribution >= 4 is 0 Å². The van der Waals surface area contributed by atoms with E-state index in [1.165, 1.54) is 101 Å². The summed E-state index contributed by atoms with van der Waals surface area (Å²) in [5.74, 6) is 0.447. The maximum absolute atomic E-state index is 2.73. The molecule has 2 nitrogen and oxygen atoms in total. The minimum atomic E-state index is -0.0510. The number of nitrogens with zero attached hydrogens (tertiary/aromatic N) is 2. The average molecular weight is 531 g/mol. The van der Waals surface area contributed by atoms with Crippen molar-refractivity contribution in [2.45, 2.75) is 135 Å². The molecule has 0 aliphatic carbocycles. The summed E-state index contributed by atoms with van der Waals surface area (Å²) in [6, 6.07) is 22.5. The minimum Gasteiger partial charge on any atom is -0.353 e. The van der Waals surface area contributed by atoms with Crippen molar-refractivity contribution in [3.8, 4) is 0 Å². The topological polar surface area (TPSA) is 6.48 Å². The molecule has 0 amide bonds. The van der Waals surface area contributed by atoms with Crippen LogP contribution >= 0.6 is 0 Å². The van der Waals surface area contributed by atoms with Crippen LogP contribution in [-0.4, -0.2) is 28.6 Å². The van der Waals surface area contributed by atoms with Gasteiger partial charge >= 0.3 is 0 Å². The van der Waals surface area contributed by atoms with E-state index < -0.39 is 0 Å². The van der Waals surface area contributed by atoms with Crippen LogP contribution in [0.3, 0.4) is 0 Å². The lowest BCUT2D eigenvalue weighted by molar-refractivity contribution is -0.00287. The van der Waals surface area contributed by atoms with Crippen molar-refractivity contribution in [1.82, 2.24) is 9.80 Å². The fourth-order valence-electron chi connectivity index (χ4n) is 6.80. The zero-order chi connectivity index (χ0) is 27.6. The Morgan fingerprint density at radius 3 is 1.54 bits per heavy atom. The summed E-state index contributed by atoms with van der Waals surface area (Å²) in [5.41, 5.74) is 2.85. The number of unbranched alkanes of at least 4 members (excludes halogenated alkanes) is 12. The Hall–Kier alpha value is -2.22. The van der Waals surface area contributed by atoms with Crippen LogP contribution in [-0.2, 0) is 6.42 Å². The lowest BCUT2D eigenvalue weighted by Crippen LogP contribution is -2.59. The highest BCUT2D eigenvalue weighted by Gasteiger charge is 2.48. The summed E-state index contributed by atoms with van der Waals surface area (Å²) in [4.78, 5) is 5.42. The van der Waals surface area contributed by atoms with Gasteiger partial charge in [-0.1, -0.05) is 158 Å². The monoisotopic (exact) mass is 530 g/mol. The van der Waals surface area contributed by atoms with Crippen LogP contribution in [0.15, 0.2) is 73.1 Å². The molecular formula is C37H58N2. The summed E-state index contributed by atoms with van der Waals surface area (Å²) < 4.78 is 0. The van der Waals surface area contributed by atoms with Crippen molar-refractivity contribution in [2.75, 3.05) is 13.1 Å². The SMILES string of the molecule is CCCCCCCCCCCCCCCN1C=CN(CCC)C1(Cc1ccccc1)C(CC)c1ccccc1. The second-order valence-electron chi connectivity index (χ2n) is 11.8. The standard InChI is InChI=1S/C37H58N2/c1-4-7-8-9-10-11-12-13-14-15-16-17-24-30-39-32-31-38(29-5-2)37(39,33-34-25-20-18-21-26-34)36(6-3)35-27-22-19-23-28-35/h18-23,25-28,31-32,36H,4-17,24,29-30,33H2,1-3H3. The lowest BCUT2D eigenvalue weighted by Gasteiger charge is -2.51. The van der Waals surface area contributed by atoms with Gasteiger partial charge in [0.15, 0.2) is 0 Å². The van der Waals surface area contributed by atoms with E-state index in [1.807, 2.05) is 0 Å². The molecule has 39 heavy (non-hydrogen) atoms. The van der Waals surface area contributed by atoms with Gasteiger partial charge in [0.1, 0.15) is 5.66 Å². The van der Waals surface area contributed by atoms with Crippen molar-refractivity contribution in [3.63, 3.8) is 0 Å². The number of hydrogen-bond acceptors (Lipinski definition) is 2. The summed E-state index contributed by atoms with van der Waals surface area (Å²) in [6.45, 7) is 9.25. The molecule has 0 spiro atoms. The number of benzene rings is 2. The molecule has 2 atom stereocenters. The summed E-state index contributed by atoms with van der Waals surface area (Å²) in [6.07, 6.45) is 26.4. The van der Waals surface area contributed by atoms with Gasteiger partial charge in [-0.2, -0.15) is 0 Å². The molecule has 2 aromatic carbocycles. The molecule has 0 radical (unpaired) electrons. The predicted molar refractivity (Wildman–Crippen MR) is 171 cm³/mol. The predicted octanol–water partition coefficient (Wildman–Crippen LogP) is 10.7. The largest absolute Gasteiger partial charge is 0.353 e. The molecule has 2 unspecified atom stereocenters. The third-order valence-corrected chi connectivity index (χ3v) is 8.86. The van der Waals surface area contributed by atoms with Crippen molar-refractivity contribution in [1.29, 1.82) is 0 Å². The number of hydrogen-bond donors (Lipinski definition) is 0. The first-order chi connectivity index (χ1) is 19.3. The Balaban J connectivity index is 1.58. The van der Waals surface area contributed by atoms with Crippen LogP contribution in [0.1, 0.15) is 134 Å². The van der Waals surface area contributed by atoms with E-state index in [0.29, 0.717) is 5.92 Å². The van der Waals surface area contributed by atoms with Gasteiger partial charge < -0.3 is 9.80 Å². The van der Waals surface area contributed by atoms with E-state index >= 15 is 0 Å². The molecule has 216 valence electrons. The van der Waals surface area contributed by atoms with Crippen LogP contribution in [0, 0.1) is 0 Å². The van der Waals surface area contributed by atoms with E-state index in [2.05, 4.69) is 104 Å². The van der Waals surface area contributed by atoms with Gasteiger partial charge in [0.05, 0.1) is 0 Å². The fourth-order valence-corrected chi connectivity index (χ4v) is 6.80. The molecule has 1 aliphatic heterocycles. The third kappa shape index (κ3) is 9.44. The molecule has 1 heterocycles. The highest BCUT2D eigenvalue weighted by molar-refractivity contribution is 5.30. The lowest BCUT2D eigenvalue weighted by atomic mass is 9.78. The number of rotatable bonds is 21. The van der Waals surface area contributed by atoms with Gasteiger partial charge in [-0.05, 0) is 30.4 Å². The van der Waals surface area contributed by atoms with E-state index in [1.54, 1.807) is 0 Å². The van der Waals surface area contributed by atoms with Gasteiger partial charge in [0, 0.05) is 37.8 Å². The van der Waals surface area contributed by atoms with Gasteiger partial charge in [-0.25, -0.2) is 0 Å². The van der Waals surface area contributed by atoms with Crippen LogP contribution in [0.2, 0.25) is 0 Å². The fraction of sp³-hybridized carbons (Fsp3) is 0.622. The second kappa shape index (κ2) is 18.2. The molecule has 1 aliphatic rings. The molecule has 2 heteroatoms. The highest BCUT2D eigenvalue weighted by atomic mass is 15.4. The average Bonchev–Trinajstić information content (AvgIpc) is 3.29. The van der Waals surface area contributed by atoms with Gasteiger partial charge in [-0.3, -0.25) is 0 Å². The van der Waals surface area contributed by atoms with Gasteiger partial charge in [-0.15, -0.1) is 0 Å². The normalized spacial score (nSPS) is 17.7. The zero-order valence-electron chi connectivity index (χ0n) is 25.6. The first-order valence-corrected chi connectivity index (χ1v) is 16.6. The summed E-state index contributed by atoms with van der Waals surface area (Å²) in [7, 11) is 0. The van der Waals surface area contributed by atoms with Gasteiger partial charge in [0.25, 0.3) is 0 Å². The second-order valence-corrected chi connectivity index (χ2v) is 11.8. The molecule has 0 bridgehead atoms. The quantitative estimate of drug-likeness (QED) is 0.148. The minimum absolute atomic E-state index is 0.0510. The maximum Gasteiger partial charge on any atom is 0.123 e. The molecule has 0 fully saturated rings. The van der Waals surface area contributed by atoms with Crippen LogP contribution in [0.4, 0.5) is 0 Å². The molecule has 0 aromatic heterocycles. The summed E-state index contributed by atoms with van der Waals surface area (Å²) in [5, 5.41) is 0. The first-order valence-electron chi connectivity index (χ1n) is 16.6. The summed E-state index contributed by atoms with van der Waals surface area (Å²) >= 11 is 0. The highest BCUT2D eigenvalue weighted by Crippen LogP contribution is 2.45. The van der Waals surface area contributed by atoms with Crippen LogP contribution in [0.25, 0.3) is 0 Å². The van der Waals surface area contributed by atoms with Gasteiger partial charge in [0.2, 0.25) is 0 Å². The Morgan fingerprint density at radius 1 is 0.538 bits per heavy atom. The molecule has 0 saturated heterocycles. The molecule has 3 rings (SSSR count). The Labute approximate surface area is 241 Å². The van der Waals surface area contributed by atoms with Crippen molar-refractivity contribution in [3.05, 3.63) is 84.2 Å². The Morgan fingerprint density at radius 2 is 1.03 bits per heavy atom. The Kier molecular flexibility index (Phi) is 14.6. The van der Waals surface area contributed by atoms with E-state index in [9.17, 15) is 0 Å². The maximum atomic E-state index is 2.73. The van der Waals surface area contributed by atoms with Crippen LogP contribution < -0.4 is 0 Å². The first kappa shape index (κ1) is 31.3. The van der Waals surface area contributed by atoms with E-state index in [0.717, 1.165) is 25.9 Å². The molecule has 0 N–H and O–H groups in total. The van der Waals surface area contributed by atoms with E-state index in [4.69, 9.17) is 0 Å². The zero-order valence-corrected chi connectivity index (χ0v) is 25.6.